The van der Waals surface area contributed by atoms with Crippen molar-refractivity contribution in [3.63, 3.8) is 0 Å². The summed E-state index contributed by atoms with van der Waals surface area (Å²) in [6.07, 6.45) is 7.19. The molecular formula is C12H22O. The Bertz CT molecular complexity index is 168. The van der Waals surface area contributed by atoms with Crippen LogP contribution in [0.5, 0.6) is 0 Å². The van der Waals surface area contributed by atoms with Crippen LogP contribution in [-0.2, 0) is 4.79 Å². The Morgan fingerprint density at radius 3 is 2.23 bits per heavy atom. The molecule has 76 valence electrons. The van der Waals surface area contributed by atoms with Crippen molar-refractivity contribution in [1.82, 2.24) is 0 Å². The van der Waals surface area contributed by atoms with Crippen LogP contribution in [0.25, 0.3) is 0 Å². The standard InChI is InChI=1S/C12H22O/c1-4-10(2)11(3)12(9-13)7-5-6-8-12/h9-11H,4-8H2,1-3H3. The van der Waals surface area contributed by atoms with Crippen molar-refractivity contribution in [1.29, 1.82) is 0 Å². The van der Waals surface area contributed by atoms with E-state index in [0.29, 0.717) is 11.8 Å². The van der Waals surface area contributed by atoms with E-state index in [1.165, 1.54) is 25.5 Å². The first-order chi connectivity index (χ1) is 6.16. The Hall–Kier alpha value is -0.330. The summed E-state index contributed by atoms with van der Waals surface area (Å²) in [6.45, 7) is 6.75. The van der Waals surface area contributed by atoms with Gasteiger partial charge in [0.15, 0.2) is 0 Å². The second-order valence-corrected chi connectivity index (χ2v) is 4.73. The highest BCUT2D eigenvalue weighted by Crippen LogP contribution is 2.45. The van der Waals surface area contributed by atoms with Crippen molar-refractivity contribution in [2.45, 2.75) is 52.9 Å². The first kappa shape index (κ1) is 10.7. The predicted molar refractivity (Wildman–Crippen MR) is 55.6 cm³/mol. The summed E-state index contributed by atoms with van der Waals surface area (Å²) in [5, 5.41) is 0. The molecule has 1 nitrogen and oxygen atoms in total. The van der Waals surface area contributed by atoms with Crippen molar-refractivity contribution < 1.29 is 4.79 Å². The smallest absolute Gasteiger partial charge is 0.126 e. The first-order valence-corrected chi connectivity index (χ1v) is 5.62. The Morgan fingerprint density at radius 2 is 1.85 bits per heavy atom. The Balaban J connectivity index is 2.69. The minimum absolute atomic E-state index is 0.0371. The summed E-state index contributed by atoms with van der Waals surface area (Å²) >= 11 is 0. The van der Waals surface area contributed by atoms with Gasteiger partial charge >= 0.3 is 0 Å². The summed E-state index contributed by atoms with van der Waals surface area (Å²) in [5.41, 5.74) is 0.0371. The molecule has 1 rings (SSSR count). The van der Waals surface area contributed by atoms with Crippen molar-refractivity contribution >= 4 is 6.29 Å². The number of rotatable bonds is 4. The maximum atomic E-state index is 11.2. The van der Waals surface area contributed by atoms with Gasteiger partial charge in [0.1, 0.15) is 6.29 Å². The highest BCUT2D eigenvalue weighted by molar-refractivity contribution is 5.60. The van der Waals surface area contributed by atoms with Gasteiger partial charge in [-0.15, -0.1) is 0 Å². The van der Waals surface area contributed by atoms with Gasteiger partial charge in [-0.2, -0.15) is 0 Å². The average Bonchev–Trinajstić information content (AvgIpc) is 2.65. The third-order valence-corrected chi connectivity index (χ3v) is 4.17. The van der Waals surface area contributed by atoms with E-state index in [-0.39, 0.29) is 5.41 Å². The van der Waals surface area contributed by atoms with Gasteiger partial charge in [-0.05, 0) is 24.7 Å². The summed E-state index contributed by atoms with van der Waals surface area (Å²) in [4.78, 5) is 11.2. The molecule has 0 heterocycles. The van der Waals surface area contributed by atoms with Gasteiger partial charge in [0.25, 0.3) is 0 Å². The van der Waals surface area contributed by atoms with Crippen molar-refractivity contribution in [2.24, 2.45) is 17.3 Å². The molecule has 13 heavy (non-hydrogen) atoms. The van der Waals surface area contributed by atoms with Crippen LogP contribution in [0.1, 0.15) is 52.9 Å². The molecule has 2 unspecified atom stereocenters. The van der Waals surface area contributed by atoms with Crippen LogP contribution in [0.3, 0.4) is 0 Å². The monoisotopic (exact) mass is 182 g/mol. The summed E-state index contributed by atoms with van der Waals surface area (Å²) < 4.78 is 0. The molecule has 1 heteroatoms. The molecule has 1 aliphatic rings. The lowest BCUT2D eigenvalue weighted by atomic mass is 9.70. The van der Waals surface area contributed by atoms with Crippen molar-refractivity contribution in [3.05, 3.63) is 0 Å². The lowest BCUT2D eigenvalue weighted by Crippen LogP contribution is -2.31. The molecule has 0 aromatic rings. The third-order valence-electron chi connectivity index (χ3n) is 4.17. The second-order valence-electron chi connectivity index (χ2n) is 4.73. The zero-order valence-corrected chi connectivity index (χ0v) is 9.18. The van der Waals surface area contributed by atoms with E-state index in [4.69, 9.17) is 0 Å². The molecule has 0 N–H and O–H groups in total. The average molecular weight is 182 g/mol. The number of hydrogen-bond donors (Lipinski definition) is 0. The van der Waals surface area contributed by atoms with Crippen LogP contribution >= 0.6 is 0 Å². The number of carbonyl (C=O) groups is 1. The predicted octanol–water partition coefficient (Wildman–Crippen LogP) is 3.43. The summed E-state index contributed by atoms with van der Waals surface area (Å²) in [7, 11) is 0. The highest BCUT2D eigenvalue weighted by Gasteiger charge is 2.40. The maximum absolute atomic E-state index is 11.2. The minimum Gasteiger partial charge on any atom is -0.303 e. The van der Waals surface area contributed by atoms with Crippen LogP contribution in [0, 0.1) is 17.3 Å². The van der Waals surface area contributed by atoms with Gasteiger partial charge in [-0.1, -0.05) is 40.0 Å². The van der Waals surface area contributed by atoms with E-state index in [0.717, 1.165) is 12.8 Å². The molecule has 0 bridgehead atoms. The van der Waals surface area contributed by atoms with Crippen LogP contribution in [0.15, 0.2) is 0 Å². The fourth-order valence-electron chi connectivity index (χ4n) is 2.63. The van der Waals surface area contributed by atoms with E-state index < -0.39 is 0 Å². The molecule has 0 radical (unpaired) electrons. The van der Waals surface area contributed by atoms with Crippen LogP contribution in [-0.4, -0.2) is 6.29 Å². The molecule has 0 aromatic carbocycles. The summed E-state index contributed by atoms with van der Waals surface area (Å²) in [6, 6.07) is 0. The zero-order chi connectivity index (χ0) is 9.90. The van der Waals surface area contributed by atoms with Crippen LogP contribution in [0.4, 0.5) is 0 Å². The zero-order valence-electron chi connectivity index (χ0n) is 9.18. The van der Waals surface area contributed by atoms with Crippen LogP contribution < -0.4 is 0 Å². The number of carbonyl (C=O) groups excluding carboxylic acids is 1. The lowest BCUT2D eigenvalue weighted by molar-refractivity contribution is -0.119. The Kier molecular flexibility index (Phi) is 3.52. The third kappa shape index (κ3) is 1.95. The molecule has 1 saturated carbocycles. The second kappa shape index (κ2) is 4.26. The maximum Gasteiger partial charge on any atom is 0.126 e. The fourth-order valence-corrected chi connectivity index (χ4v) is 2.63. The molecule has 2 atom stereocenters. The number of aldehydes is 1. The van der Waals surface area contributed by atoms with Gasteiger partial charge in [0, 0.05) is 5.41 Å². The van der Waals surface area contributed by atoms with Gasteiger partial charge < -0.3 is 4.79 Å². The molecule has 1 fully saturated rings. The van der Waals surface area contributed by atoms with Gasteiger partial charge in [0.05, 0.1) is 0 Å². The fraction of sp³-hybridized carbons (Fsp3) is 0.917. The molecular weight excluding hydrogens is 160 g/mol. The number of hydrogen-bond acceptors (Lipinski definition) is 1. The van der Waals surface area contributed by atoms with Crippen molar-refractivity contribution in [3.8, 4) is 0 Å². The topological polar surface area (TPSA) is 17.1 Å². The molecule has 0 aromatic heterocycles. The van der Waals surface area contributed by atoms with Crippen molar-refractivity contribution in [2.75, 3.05) is 0 Å². The largest absolute Gasteiger partial charge is 0.303 e. The Morgan fingerprint density at radius 1 is 1.31 bits per heavy atom. The normalized spacial score (nSPS) is 25.5. The Labute approximate surface area is 81.9 Å². The van der Waals surface area contributed by atoms with E-state index in [9.17, 15) is 4.79 Å². The lowest BCUT2D eigenvalue weighted by Gasteiger charge is -2.33. The first-order valence-electron chi connectivity index (χ1n) is 5.62. The quantitative estimate of drug-likeness (QED) is 0.609. The van der Waals surface area contributed by atoms with Gasteiger partial charge in [-0.25, -0.2) is 0 Å². The molecule has 0 spiro atoms. The van der Waals surface area contributed by atoms with Crippen LogP contribution in [0.2, 0.25) is 0 Å². The molecule has 1 aliphatic carbocycles. The van der Waals surface area contributed by atoms with Gasteiger partial charge in [0.2, 0.25) is 0 Å². The molecule has 0 amide bonds. The molecule has 0 aliphatic heterocycles. The summed E-state index contributed by atoms with van der Waals surface area (Å²) in [5.74, 6) is 1.25. The van der Waals surface area contributed by atoms with E-state index in [1.54, 1.807) is 0 Å². The minimum atomic E-state index is 0.0371. The highest BCUT2D eigenvalue weighted by atomic mass is 16.1. The van der Waals surface area contributed by atoms with Gasteiger partial charge in [-0.3, -0.25) is 0 Å². The van der Waals surface area contributed by atoms with E-state index in [2.05, 4.69) is 20.8 Å². The van der Waals surface area contributed by atoms with E-state index >= 15 is 0 Å². The van der Waals surface area contributed by atoms with E-state index in [1.807, 2.05) is 0 Å². The SMILES string of the molecule is CCC(C)C(C)C1(C=O)CCCC1. The molecule has 0 saturated heterocycles.